The summed E-state index contributed by atoms with van der Waals surface area (Å²) in [5.41, 5.74) is 1.43. The first kappa shape index (κ1) is 18.5. The molecule has 1 aliphatic heterocycles. The summed E-state index contributed by atoms with van der Waals surface area (Å²) in [5.74, 6) is -0.708. The Labute approximate surface area is 153 Å². The quantitative estimate of drug-likeness (QED) is 0.884. The molecule has 0 bridgehead atoms. The highest BCUT2D eigenvalue weighted by Gasteiger charge is 2.30. The second-order valence-electron chi connectivity index (χ2n) is 6.84. The van der Waals surface area contributed by atoms with Gasteiger partial charge in [0.05, 0.1) is 6.04 Å². The number of nitrogens with zero attached hydrogens (tertiary/aromatic N) is 1. The van der Waals surface area contributed by atoms with E-state index in [0.29, 0.717) is 31.5 Å². The van der Waals surface area contributed by atoms with Crippen LogP contribution in [0.3, 0.4) is 0 Å². The highest BCUT2D eigenvalue weighted by atomic mass is 19.1. The maximum absolute atomic E-state index is 13.8. The predicted octanol–water partition coefficient (Wildman–Crippen LogP) is 3.71. The summed E-state index contributed by atoms with van der Waals surface area (Å²) in [4.78, 5) is 14.8. The number of piperazine rings is 1. The summed E-state index contributed by atoms with van der Waals surface area (Å²) in [6.07, 6.45) is 1.11. The number of rotatable bonds is 5. The number of hydrogen-bond donors (Lipinski definition) is 1. The summed E-state index contributed by atoms with van der Waals surface area (Å²) in [5, 5.41) is 3.28. The van der Waals surface area contributed by atoms with Gasteiger partial charge in [0.25, 0.3) is 0 Å². The minimum atomic E-state index is -0.298. The molecule has 1 N–H and O–H groups in total. The third-order valence-corrected chi connectivity index (χ3v) is 4.99. The van der Waals surface area contributed by atoms with E-state index in [2.05, 4.69) is 5.32 Å². The Morgan fingerprint density at radius 3 is 2.81 bits per heavy atom. The molecule has 3 nitrogen and oxygen atoms in total. The minimum absolute atomic E-state index is 0.0390. The Hall–Kier alpha value is -2.27. The third-order valence-electron chi connectivity index (χ3n) is 4.99. The molecule has 26 heavy (non-hydrogen) atoms. The smallest absolute Gasteiger partial charge is 0.226 e. The van der Waals surface area contributed by atoms with E-state index in [1.165, 1.54) is 18.2 Å². The molecule has 2 aromatic carbocycles. The lowest BCUT2D eigenvalue weighted by atomic mass is 9.96. The zero-order chi connectivity index (χ0) is 18.5. The van der Waals surface area contributed by atoms with Crippen LogP contribution in [0, 0.1) is 17.6 Å². The van der Waals surface area contributed by atoms with Gasteiger partial charge in [-0.25, -0.2) is 8.78 Å². The van der Waals surface area contributed by atoms with E-state index in [0.717, 1.165) is 12.1 Å². The topological polar surface area (TPSA) is 32.3 Å². The molecule has 0 aromatic heterocycles. The Bertz CT molecular complexity index is 765. The van der Waals surface area contributed by atoms with E-state index >= 15 is 0 Å². The van der Waals surface area contributed by atoms with Crippen LogP contribution in [-0.4, -0.2) is 30.4 Å². The lowest BCUT2D eigenvalue weighted by Crippen LogP contribution is -2.50. The first-order valence-electron chi connectivity index (χ1n) is 9.06. The molecule has 1 heterocycles. The number of aryl methyl sites for hydroxylation is 1. The van der Waals surface area contributed by atoms with Gasteiger partial charge in [0.2, 0.25) is 5.91 Å². The Kier molecular flexibility index (Phi) is 5.99. The van der Waals surface area contributed by atoms with Gasteiger partial charge in [-0.15, -0.1) is 0 Å². The summed E-state index contributed by atoms with van der Waals surface area (Å²) < 4.78 is 27.4. The molecular weight excluding hydrogens is 334 g/mol. The number of hydrogen-bond acceptors (Lipinski definition) is 2. The van der Waals surface area contributed by atoms with Crippen molar-refractivity contribution < 1.29 is 13.6 Å². The monoisotopic (exact) mass is 358 g/mol. The SMILES string of the molecule is CC(CCc1ccccc1F)C(=O)N1CCNCC1c1cccc(F)c1. The van der Waals surface area contributed by atoms with Gasteiger partial charge in [-0.05, 0) is 42.2 Å². The molecule has 1 amide bonds. The molecule has 0 saturated carbocycles. The zero-order valence-corrected chi connectivity index (χ0v) is 14.9. The lowest BCUT2D eigenvalue weighted by molar-refractivity contribution is -0.138. The molecular formula is C21H24F2N2O. The van der Waals surface area contributed by atoms with Crippen LogP contribution in [0.25, 0.3) is 0 Å². The van der Waals surface area contributed by atoms with Gasteiger partial charge in [0.1, 0.15) is 11.6 Å². The molecule has 2 atom stereocenters. The predicted molar refractivity (Wildman–Crippen MR) is 97.6 cm³/mol. The molecule has 2 aromatic rings. The Morgan fingerprint density at radius 1 is 1.23 bits per heavy atom. The van der Waals surface area contributed by atoms with Crippen LogP contribution in [0.1, 0.15) is 30.5 Å². The molecule has 3 rings (SSSR count). The molecule has 5 heteroatoms. The highest BCUT2D eigenvalue weighted by molar-refractivity contribution is 5.79. The average molecular weight is 358 g/mol. The van der Waals surface area contributed by atoms with E-state index in [1.54, 1.807) is 24.3 Å². The second kappa shape index (κ2) is 8.41. The molecule has 1 fully saturated rings. The van der Waals surface area contributed by atoms with Crippen molar-refractivity contribution in [3.8, 4) is 0 Å². The van der Waals surface area contributed by atoms with Gasteiger partial charge in [0, 0.05) is 25.6 Å². The maximum Gasteiger partial charge on any atom is 0.226 e. The van der Waals surface area contributed by atoms with Gasteiger partial charge in [-0.1, -0.05) is 37.3 Å². The standard InChI is InChI=1S/C21H24F2N2O/c1-15(9-10-16-5-2-3-8-19(16)23)21(26)25-12-11-24-14-20(25)17-6-4-7-18(22)13-17/h2-8,13,15,20,24H,9-12,14H2,1H3. The van der Waals surface area contributed by atoms with Crippen molar-refractivity contribution in [2.75, 3.05) is 19.6 Å². The molecule has 1 saturated heterocycles. The third kappa shape index (κ3) is 4.28. The Morgan fingerprint density at radius 2 is 2.04 bits per heavy atom. The van der Waals surface area contributed by atoms with Gasteiger partial charge in [-0.2, -0.15) is 0 Å². The number of carbonyl (C=O) groups excluding carboxylic acids is 1. The number of amides is 1. The summed E-state index contributed by atoms with van der Waals surface area (Å²) in [6.45, 7) is 3.80. The fourth-order valence-corrected chi connectivity index (χ4v) is 3.46. The van der Waals surface area contributed by atoms with E-state index < -0.39 is 0 Å². The summed E-state index contributed by atoms with van der Waals surface area (Å²) in [7, 11) is 0. The van der Waals surface area contributed by atoms with Crippen molar-refractivity contribution in [3.63, 3.8) is 0 Å². The fourth-order valence-electron chi connectivity index (χ4n) is 3.46. The molecule has 1 aliphatic rings. The van der Waals surface area contributed by atoms with Crippen molar-refractivity contribution in [3.05, 3.63) is 71.3 Å². The van der Waals surface area contributed by atoms with E-state index in [4.69, 9.17) is 0 Å². The van der Waals surface area contributed by atoms with Gasteiger partial charge in [-0.3, -0.25) is 4.79 Å². The molecule has 0 radical (unpaired) electrons. The van der Waals surface area contributed by atoms with Crippen LogP contribution in [0.5, 0.6) is 0 Å². The summed E-state index contributed by atoms with van der Waals surface area (Å²) in [6, 6.07) is 12.9. The highest BCUT2D eigenvalue weighted by Crippen LogP contribution is 2.26. The molecule has 2 unspecified atom stereocenters. The van der Waals surface area contributed by atoms with Crippen LogP contribution >= 0.6 is 0 Å². The van der Waals surface area contributed by atoms with Crippen LogP contribution in [-0.2, 0) is 11.2 Å². The molecule has 138 valence electrons. The minimum Gasteiger partial charge on any atom is -0.333 e. The van der Waals surface area contributed by atoms with Gasteiger partial charge in [0.15, 0.2) is 0 Å². The van der Waals surface area contributed by atoms with Crippen molar-refractivity contribution in [1.29, 1.82) is 0 Å². The van der Waals surface area contributed by atoms with E-state index in [1.807, 2.05) is 17.9 Å². The van der Waals surface area contributed by atoms with Gasteiger partial charge >= 0.3 is 0 Å². The zero-order valence-electron chi connectivity index (χ0n) is 14.9. The number of halogens is 2. The molecule has 0 spiro atoms. The van der Waals surface area contributed by atoms with Crippen molar-refractivity contribution in [2.24, 2.45) is 5.92 Å². The number of nitrogens with one attached hydrogen (secondary N) is 1. The van der Waals surface area contributed by atoms with Crippen molar-refractivity contribution in [2.45, 2.75) is 25.8 Å². The van der Waals surface area contributed by atoms with Gasteiger partial charge < -0.3 is 10.2 Å². The summed E-state index contributed by atoms with van der Waals surface area (Å²) >= 11 is 0. The lowest BCUT2D eigenvalue weighted by Gasteiger charge is -2.38. The number of carbonyl (C=O) groups is 1. The first-order valence-corrected chi connectivity index (χ1v) is 9.06. The molecule has 0 aliphatic carbocycles. The second-order valence-corrected chi connectivity index (χ2v) is 6.84. The average Bonchev–Trinajstić information content (AvgIpc) is 2.66. The first-order chi connectivity index (χ1) is 12.6. The normalized spacial score (nSPS) is 18.6. The Balaban J connectivity index is 1.68. The van der Waals surface area contributed by atoms with E-state index in [-0.39, 0.29) is 29.5 Å². The van der Waals surface area contributed by atoms with Crippen LogP contribution in [0.2, 0.25) is 0 Å². The fraction of sp³-hybridized carbons (Fsp3) is 0.381. The maximum atomic E-state index is 13.8. The largest absolute Gasteiger partial charge is 0.333 e. The van der Waals surface area contributed by atoms with Crippen molar-refractivity contribution >= 4 is 5.91 Å². The van der Waals surface area contributed by atoms with Crippen LogP contribution < -0.4 is 5.32 Å². The van der Waals surface area contributed by atoms with E-state index in [9.17, 15) is 13.6 Å². The van der Waals surface area contributed by atoms with Crippen LogP contribution in [0.15, 0.2) is 48.5 Å². The number of benzene rings is 2. The van der Waals surface area contributed by atoms with Crippen molar-refractivity contribution in [1.82, 2.24) is 10.2 Å². The van der Waals surface area contributed by atoms with Crippen LogP contribution in [0.4, 0.5) is 8.78 Å².